The van der Waals surface area contributed by atoms with Crippen molar-refractivity contribution in [1.82, 2.24) is 19.9 Å². The Labute approximate surface area is 177 Å². The summed E-state index contributed by atoms with van der Waals surface area (Å²) >= 11 is 0. The van der Waals surface area contributed by atoms with E-state index in [9.17, 15) is 17.6 Å². The zero-order chi connectivity index (χ0) is 21.6. The van der Waals surface area contributed by atoms with Gasteiger partial charge in [-0.2, -0.15) is 15.0 Å². The Kier molecular flexibility index (Phi) is 4.97. The third kappa shape index (κ3) is 4.88. The minimum atomic E-state index is -2.70. The van der Waals surface area contributed by atoms with Crippen molar-refractivity contribution in [3.63, 3.8) is 0 Å². The van der Waals surface area contributed by atoms with Crippen LogP contribution in [0.5, 0.6) is 0 Å². The molecule has 31 heavy (non-hydrogen) atoms. The maximum atomic E-state index is 13.6. The number of aromatic nitrogens is 4. The van der Waals surface area contributed by atoms with E-state index in [-0.39, 0.29) is 43.4 Å². The first kappa shape index (κ1) is 20.4. The molecule has 6 nitrogen and oxygen atoms in total. The van der Waals surface area contributed by atoms with E-state index in [1.54, 1.807) is 6.07 Å². The van der Waals surface area contributed by atoms with Crippen LogP contribution in [0.15, 0.2) is 18.2 Å². The van der Waals surface area contributed by atoms with Gasteiger partial charge in [0.2, 0.25) is 23.7 Å². The van der Waals surface area contributed by atoms with Gasteiger partial charge in [-0.15, -0.1) is 0 Å². The molecule has 10 heteroatoms. The van der Waals surface area contributed by atoms with Crippen molar-refractivity contribution in [2.45, 2.75) is 81.2 Å². The normalized spacial score (nSPS) is 26.7. The average Bonchev–Trinajstić information content (AvgIpc) is 3.43. The summed E-state index contributed by atoms with van der Waals surface area (Å²) in [5, 5.41) is 5.96. The van der Waals surface area contributed by atoms with Gasteiger partial charge in [-0.05, 0) is 37.8 Å². The van der Waals surface area contributed by atoms with Crippen LogP contribution in [0.2, 0.25) is 0 Å². The van der Waals surface area contributed by atoms with E-state index < -0.39 is 23.9 Å². The molecule has 2 aromatic heterocycles. The minimum absolute atomic E-state index is 0.151. The summed E-state index contributed by atoms with van der Waals surface area (Å²) in [5.74, 6) is -4.37. The summed E-state index contributed by atoms with van der Waals surface area (Å²) in [6.07, 6.45) is 1.86. The van der Waals surface area contributed by atoms with Gasteiger partial charge >= 0.3 is 0 Å². The number of halogens is 4. The van der Waals surface area contributed by atoms with Gasteiger partial charge in [-0.1, -0.05) is 6.07 Å². The predicted octanol–water partition coefficient (Wildman–Crippen LogP) is 5.01. The molecule has 2 unspecified atom stereocenters. The van der Waals surface area contributed by atoms with Gasteiger partial charge in [0.1, 0.15) is 5.69 Å². The number of anilines is 2. The maximum Gasteiger partial charge on any atom is 0.250 e. The van der Waals surface area contributed by atoms with Crippen molar-refractivity contribution in [2.24, 2.45) is 0 Å². The summed E-state index contributed by atoms with van der Waals surface area (Å²) in [4.78, 5) is 17.8. The highest BCUT2D eigenvalue weighted by Crippen LogP contribution is 2.40. The molecule has 0 aromatic carbocycles. The molecule has 0 aliphatic heterocycles. The highest BCUT2D eigenvalue weighted by molar-refractivity contribution is 5.54. The van der Waals surface area contributed by atoms with Crippen LogP contribution in [-0.4, -0.2) is 43.9 Å². The largest absolute Gasteiger partial charge is 0.351 e. The Morgan fingerprint density at radius 1 is 0.742 bits per heavy atom. The molecular weight excluding hydrogens is 412 g/mol. The fourth-order valence-electron chi connectivity index (χ4n) is 4.31. The highest BCUT2D eigenvalue weighted by Gasteiger charge is 2.41. The zero-order valence-electron chi connectivity index (χ0n) is 16.9. The molecule has 166 valence electrons. The molecule has 3 fully saturated rings. The van der Waals surface area contributed by atoms with Crippen LogP contribution in [0.25, 0.3) is 11.5 Å². The number of hydrogen-bond donors (Lipinski definition) is 2. The summed E-state index contributed by atoms with van der Waals surface area (Å²) in [7, 11) is 0. The van der Waals surface area contributed by atoms with Gasteiger partial charge < -0.3 is 10.6 Å². The number of rotatable bonds is 6. The molecule has 3 aliphatic carbocycles. The van der Waals surface area contributed by atoms with E-state index >= 15 is 0 Å². The van der Waals surface area contributed by atoms with Gasteiger partial charge in [0.15, 0.2) is 5.82 Å². The molecule has 0 radical (unpaired) electrons. The topological polar surface area (TPSA) is 75.6 Å². The van der Waals surface area contributed by atoms with Gasteiger partial charge in [-0.3, -0.25) is 0 Å². The van der Waals surface area contributed by atoms with E-state index in [0.29, 0.717) is 24.5 Å². The highest BCUT2D eigenvalue weighted by atomic mass is 19.3. The molecule has 2 atom stereocenters. The molecule has 3 aliphatic rings. The van der Waals surface area contributed by atoms with Crippen molar-refractivity contribution in [2.75, 3.05) is 10.6 Å². The van der Waals surface area contributed by atoms with E-state index in [1.165, 1.54) is 0 Å². The third-order valence-electron chi connectivity index (χ3n) is 6.10. The predicted molar refractivity (Wildman–Crippen MR) is 107 cm³/mol. The second-order valence-electron chi connectivity index (χ2n) is 8.91. The lowest BCUT2D eigenvalue weighted by molar-refractivity contribution is 0.00781. The van der Waals surface area contributed by atoms with E-state index in [1.807, 2.05) is 12.1 Å². The second kappa shape index (κ2) is 7.56. The van der Waals surface area contributed by atoms with Crippen LogP contribution in [0.3, 0.4) is 0 Å². The van der Waals surface area contributed by atoms with Crippen molar-refractivity contribution in [1.29, 1.82) is 0 Å². The summed E-state index contributed by atoms with van der Waals surface area (Å²) in [6.45, 7) is 0. The number of pyridine rings is 1. The van der Waals surface area contributed by atoms with Crippen molar-refractivity contribution in [3.05, 3.63) is 23.9 Å². The molecule has 3 saturated carbocycles. The lowest BCUT2D eigenvalue weighted by Crippen LogP contribution is -2.23. The van der Waals surface area contributed by atoms with Crippen molar-refractivity contribution in [3.8, 4) is 11.5 Å². The van der Waals surface area contributed by atoms with Crippen LogP contribution in [0.4, 0.5) is 29.5 Å². The molecule has 0 spiro atoms. The lowest BCUT2D eigenvalue weighted by atomic mass is 10.2. The summed E-state index contributed by atoms with van der Waals surface area (Å²) in [5.41, 5.74) is 1.51. The second-order valence-corrected chi connectivity index (χ2v) is 8.91. The molecule has 5 rings (SSSR count). The molecule has 2 aromatic rings. The third-order valence-corrected chi connectivity index (χ3v) is 6.10. The molecule has 2 heterocycles. The van der Waals surface area contributed by atoms with Crippen LogP contribution in [-0.2, 0) is 0 Å². The zero-order valence-corrected chi connectivity index (χ0v) is 16.9. The fraction of sp³-hybridized carbons (Fsp3) is 0.619. The number of alkyl halides is 4. The quantitative estimate of drug-likeness (QED) is 0.620. The Hall–Kier alpha value is -2.52. The summed E-state index contributed by atoms with van der Waals surface area (Å²) in [6, 6.07) is 4.71. The van der Waals surface area contributed by atoms with E-state index in [0.717, 1.165) is 18.5 Å². The van der Waals surface area contributed by atoms with Crippen LogP contribution < -0.4 is 10.6 Å². The Bertz CT molecular complexity index is 918. The average molecular weight is 436 g/mol. The number of nitrogens with zero attached hydrogens (tertiary/aromatic N) is 4. The van der Waals surface area contributed by atoms with Crippen molar-refractivity contribution < 1.29 is 17.6 Å². The first-order chi connectivity index (χ1) is 14.7. The Balaban J connectivity index is 1.42. The smallest absolute Gasteiger partial charge is 0.250 e. The fourth-order valence-corrected chi connectivity index (χ4v) is 4.31. The minimum Gasteiger partial charge on any atom is -0.351 e. The Morgan fingerprint density at radius 2 is 1.32 bits per heavy atom. The molecule has 0 bridgehead atoms. The van der Waals surface area contributed by atoms with E-state index in [2.05, 4.69) is 30.6 Å². The van der Waals surface area contributed by atoms with Gasteiger partial charge in [0.05, 0.1) is 0 Å². The van der Waals surface area contributed by atoms with Crippen LogP contribution in [0.1, 0.15) is 63.0 Å². The first-order valence-corrected chi connectivity index (χ1v) is 10.8. The van der Waals surface area contributed by atoms with Gasteiger partial charge in [0.25, 0.3) is 0 Å². The number of hydrogen-bond acceptors (Lipinski definition) is 6. The molecule has 0 saturated heterocycles. The summed E-state index contributed by atoms with van der Waals surface area (Å²) < 4.78 is 54.4. The molecule has 2 N–H and O–H groups in total. The molecular formula is C21H24F4N6. The SMILES string of the molecule is FC1(F)CCC(Nc2nc(NC3CCC(F)(F)C3)nc(-c3cccc(C4CC4)n3)n2)C1. The van der Waals surface area contributed by atoms with Crippen LogP contribution in [0, 0.1) is 0 Å². The van der Waals surface area contributed by atoms with Crippen LogP contribution >= 0.6 is 0 Å². The monoisotopic (exact) mass is 436 g/mol. The number of nitrogens with one attached hydrogen (secondary N) is 2. The molecule has 0 amide bonds. The Morgan fingerprint density at radius 3 is 1.81 bits per heavy atom. The first-order valence-electron chi connectivity index (χ1n) is 10.8. The van der Waals surface area contributed by atoms with Gasteiger partial charge in [-0.25, -0.2) is 22.5 Å². The van der Waals surface area contributed by atoms with Gasteiger partial charge in [0, 0.05) is 49.4 Å². The maximum absolute atomic E-state index is 13.6. The van der Waals surface area contributed by atoms with E-state index in [4.69, 9.17) is 0 Å². The van der Waals surface area contributed by atoms with Crippen molar-refractivity contribution >= 4 is 11.9 Å². The standard InChI is InChI=1S/C21H24F4N6/c22-20(23)8-6-13(10-20)26-18-29-17(16-3-1-2-15(28-16)12-4-5-12)30-19(31-18)27-14-7-9-21(24,25)11-14/h1-3,12-14H,4-11H2,(H2,26,27,29,30,31). The lowest BCUT2D eigenvalue weighted by Gasteiger charge is -2.17.